The molecular weight excluding hydrogens is 510 g/mol. The average molecular weight is 539 g/mol. The summed E-state index contributed by atoms with van der Waals surface area (Å²) in [6, 6.07) is 14.6. The summed E-state index contributed by atoms with van der Waals surface area (Å²) >= 11 is 0. The molecule has 0 radical (unpaired) electrons. The van der Waals surface area contributed by atoms with Crippen molar-refractivity contribution < 1.29 is 31.1 Å². The number of nitrogens with one attached hydrogen (secondary N) is 1. The van der Waals surface area contributed by atoms with Crippen LogP contribution in [0.4, 0.5) is 32.2 Å². The molecule has 204 valence electrons. The van der Waals surface area contributed by atoms with E-state index in [-0.39, 0.29) is 24.2 Å². The third-order valence-electron chi connectivity index (χ3n) is 6.54. The molecule has 3 aromatic rings. The van der Waals surface area contributed by atoms with Crippen LogP contribution in [0.1, 0.15) is 28.3 Å². The number of para-hydroxylation sites is 1. The molecule has 0 bridgehead atoms. The Morgan fingerprint density at radius 2 is 1.50 bits per heavy atom. The number of hydrogen-bond acceptors (Lipinski definition) is 5. The standard InChI is InChI=1S/C27H28F6N4O/c1-38-24-7-3-2-6-22(24)23(36-10-12-37(13-11-36)25-8-4-5-9-35-25)18-34-17-19-14-20(26(28,29)30)16-21(15-19)27(31,32)33/h2-9,14-16,23,34H,10-13,17-18H2,1H3. The monoisotopic (exact) mass is 538 g/mol. The van der Waals surface area contributed by atoms with Gasteiger partial charge in [0.1, 0.15) is 11.6 Å². The van der Waals surface area contributed by atoms with Crippen LogP contribution >= 0.6 is 0 Å². The number of halogens is 6. The maximum Gasteiger partial charge on any atom is 0.416 e. The summed E-state index contributed by atoms with van der Waals surface area (Å²) < 4.78 is 85.2. The van der Waals surface area contributed by atoms with Gasteiger partial charge in [-0.3, -0.25) is 4.90 Å². The lowest BCUT2D eigenvalue weighted by Gasteiger charge is -2.40. The molecule has 5 nitrogen and oxygen atoms in total. The van der Waals surface area contributed by atoms with Crippen LogP contribution in [0.15, 0.2) is 66.9 Å². The van der Waals surface area contributed by atoms with Crippen LogP contribution in [-0.2, 0) is 18.9 Å². The number of hydrogen-bond donors (Lipinski definition) is 1. The van der Waals surface area contributed by atoms with E-state index in [4.69, 9.17) is 4.74 Å². The Morgan fingerprint density at radius 3 is 2.08 bits per heavy atom. The number of benzene rings is 2. The first-order valence-electron chi connectivity index (χ1n) is 12.1. The zero-order valence-electron chi connectivity index (χ0n) is 20.7. The molecule has 1 atom stereocenters. The van der Waals surface area contributed by atoms with Crippen molar-refractivity contribution in [3.63, 3.8) is 0 Å². The molecule has 0 amide bonds. The van der Waals surface area contributed by atoms with E-state index in [0.717, 1.165) is 23.5 Å². The zero-order chi connectivity index (χ0) is 27.3. The molecule has 1 aromatic heterocycles. The Hall–Kier alpha value is -3.31. The maximum atomic E-state index is 13.3. The molecule has 2 aromatic carbocycles. The molecular formula is C27H28F6N4O. The molecule has 0 aliphatic carbocycles. The molecule has 1 fully saturated rings. The molecule has 11 heteroatoms. The quantitative estimate of drug-likeness (QED) is 0.368. The third kappa shape index (κ3) is 6.76. The van der Waals surface area contributed by atoms with E-state index < -0.39 is 23.5 Å². The minimum Gasteiger partial charge on any atom is -0.496 e. The van der Waals surface area contributed by atoms with Crippen molar-refractivity contribution in [3.8, 4) is 5.75 Å². The minimum absolute atomic E-state index is 0.0918. The van der Waals surface area contributed by atoms with Gasteiger partial charge in [-0.2, -0.15) is 26.3 Å². The normalized spacial score (nSPS) is 15.9. The first kappa shape index (κ1) is 27.7. The summed E-state index contributed by atoms with van der Waals surface area (Å²) in [4.78, 5) is 8.81. The highest BCUT2D eigenvalue weighted by molar-refractivity contribution is 5.40. The lowest BCUT2D eigenvalue weighted by molar-refractivity contribution is -0.143. The molecule has 4 rings (SSSR count). The van der Waals surface area contributed by atoms with Crippen molar-refractivity contribution in [1.82, 2.24) is 15.2 Å². The van der Waals surface area contributed by atoms with Gasteiger partial charge in [0, 0.05) is 51.0 Å². The van der Waals surface area contributed by atoms with E-state index in [1.165, 1.54) is 0 Å². The highest BCUT2D eigenvalue weighted by Crippen LogP contribution is 2.36. The summed E-state index contributed by atoms with van der Waals surface area (Å²) in [5.74, 6) is 1.54. The highest BCUT2D eigenvalue weighted by atomic mass is 19.4. The Kier molecular flexibility index (Phi) is 8.47. The van der Waals surface area contributed by atoms with Crippen molar-refractivity contribution in [3.05, 3.63) is 89.1 Å². The van der Waals surface area contributed by atoms with Crippen LogP contribution < -0.4 is 15.0 Å². The van der Waals surface area contributed by atoms with E-state index in [0.29, 0.717) is 38.5 Å². The Morgan fingerprint density at radius 1 is 0.868 bits per heavy atom. The van der Waals surface area contributed by atoms with E-state index in [9.17, 15) is 26.3 Å². The first-order chi connectivity index (χ1) is 18.1. The summed E-state index contributed by atoms with van der Waals surface area (Å²) in [6.45, 7) is 2.93. The van der Waals surface area contributed by atoms with Crippen molar-refractivity contribution in [1.29, 1.82) is 0 Å². The van der Waals surface area contributed by atoms with Crippen molar-refractivity contribution in [2.24, 2.45) is 0 Å². The van der Waals surface area contributed by atoms with Crippen LogP contribution in [-0.4, -0.2) is 49.7 Å². The second kappa shape index (κ2) is 11.6. The summed E-state index contributed by atoms with van der Waals surface area (Å²) in [5, 5.41) is 3.09. The van der Waals surface area contributed by atoms with Gasteiger partial charge in [-0.25, -0.2) is 4.98 Å². The molecule has 1 saturated heterocycles. The van der Waals surface area contributed by atoms with Crippen LogP contribution in [0.25, 0.3) is 0 Å². The van der Waals surface area contributed by atoms with Crippen molar-refractivity contribution in [2.45, 2.75) is 24.9 Å². The number of nitrogens with zero attached hydrogens (tertiary/aromatic N) is 3. The molecule has 0 saturated carbocycles. The van der Waals surface area contributed by atoms with E-state index in [1.54, 1.807) is 13.3 Å². The smallest absolute Gasteiger partial charge is 0.416 e. The third-order valence-corrected chi connectivity index (χ3v) is 6.54. The van der Waals surface area contributed by atoms with Gasteiger partial charge in [0.25, 0.3) is 0 Å². The van der Waals surface area contributed by atoms with Gasteiger partial charge in [0.15, 0.2) is 0 Å². The Bertz CT molecular complexity index is 1160. The molecule has 0 spiro atoms. The number of methoxy groups -OCH3 is 1. The molecule has 2 heterocycles. The van der Waals surface area contributed by atoms with E-state index >= 15 is 0 Å². The topological polar surface area (TPSA) is 40.6 Å². The number of alkyl halides is 6. The number of anilines is 1. The molecule has 1 unspecified atom stereocenters. The molecule has 1 N–H and O–H groups in total. The van der Waals surface area contributed by atoms with Crippen LogP contribution in [0, 0.1) is 0 Å². The zero-order valence-corrected chi connectivity index (χ0v) is 20.7. The Labute approximate surface area is 217 Å². The van der Waals surface area contributed by atoms with Crippen molar-refractivity contribution >= 4 is 5.82 Å². The SMILES string of the molecule is COc1ccccc1C(CNCc1cc(C(F)(F)F)cc(C(F)(F)F)c1)N1CCN(c2ccccn2)CC1. The molecule has 1 aliphatic heterocycles. The minimum atomic E-state index is -4.89. The fourth-order valence-electron chi connectivity index (χ4n) is 4.66. The van der Waals surface area contributed by atoms with Gasteiger partial charge in [-0.05, 0) is 42.0 Å². The lowest BCUT2D eigenvalue weighted by Crippen LogP contribution is -2.49. The Balaban J connectivity index is 1.52. The summed E-state index contributed by atoms with van der Waals surface area (Å²) in [7, 11) is 1.56. The molecule has 38 heavy (non-hydrogen) atoms. The maximum absolute atomic E-state index is 13.3. The van der Waals surface area contributed by atoms with Crippen molar-refractivity contribution in [2.75, 3.05) is 44.7 Å². The second-order valence-electron chi connectivity index (χ2n) is 9.01. The second-order valence-corrected chi connectivity index (χ2v) is 9.01. The predicted octanol–water partition coefficient (Wildman–Crippen LogP) is 5.78. The lowest BCUT2D eigenvalue weighted by atomic mass is 10.0. The van der Waals surface area contributed by atoms with Gasteiger partial charge in [-0.1, -0.05) is 24.3 Å². The van der Waals surface area contributed by atoms with Gasteiger partial charge >= 0.3 is 12.4 Å². The largest absolute Gasteiger partial charge is 0.496 e. The van der Waals surface area contributed by atoms with E-state index in [2.05, 4.69) is 20.1 Å². The summed E-state index contributed by atoms with van der Waals surface area (Å²) in [5.41, 5.74) is -1.85. The predicted molar refractivity (Wildman–Crippen MR) is 132 cm³/mol. The van der Waals surface area contributed by atoms with Crippen LogP contribution in [0.5, 0.6) is 5.75 Å². The van der Waals surface area contributed by atoms with Gasteiger partial charge in [-0.15, -0.1) is 0 Å². The number of rotatable bonds is 8. The van der Waals surface area contributed by atoms with Crippen LogP contribution in [0.3, 0.4) is 0 Å². The van der Waals surface area contributed by atoms with Gasteiger partial charge in [0.05, 0.1) is 24.3 Å². The van der Waals surface area contributed by atoms with Crippen LogP contribution in [0.2, 0.25) is 0 Å². The van der Waals surface area contributed by atoms with E-state index in [1.807, 2.05) is 42.5 Å². The average Bonchev–Trinajstić information content (AvgIpc) is 2.91. The number of pyridine rings is 1. The molecule has 1 aliphatic rings. The highest BCUT2D eigenvalue weighted by Gasteiger charge is 2.37. The number of aromatic nitrogens is 1. The summed E-state index contributed by atoms with van der Waals surface area (Å²) in [6.07, 6.45) is -8.03. The fourth-order valence-corrected chi connectivity index (χ4v) is 4.66. The number of ether oxygens (including phenoxy) is 1. The first-order valence-corrected chi connectivity index (χ1v) is 12.1. The van der Waals surface area contributed by atoms with Gasteiger partial charge < -0.3 is 15.0 Å². The fraction of sp³-hybridized carbons (Fsp3) is 0.370. The number of piperazine rings is 1. The van der Waals surface area contributed by atoms with Gasteiger partial charge in [0.2, 0.25) is 0 Å².